The van der Waals surface area contributed by atoms with Gasteiger partial charge >= 0.3 is 0 Å². The van der Waals surface area contributed by atoms with Crippen LogP contribution < -0.4 is 0 Å². The molecule has 5 atom stereocenters. The van der Waals surface area contributed by atoms with E-state index in [1.54, 1.807) is 0 Å². The average Bonchev–Trinajstić information content (AvgIpc) is 2.66. The molecule has 2 rings (SSSR count). The molecule has 2 heteroatoms. The van der Waals surface area contributed by atoms with E-state index in [0.29, 0.717) is 12.3 Å². The highest BCUT2D eigenvalue weighted by Gasteiger charge is 2.63. The minimum absolute atomic E-state index is 0.0418. The largest absolute Gasteiger partial charge is 0.299 e. The van der Waals surface area contributed by atoms with E-state index in [9.17, 15) is 9.59 Å². The second-order valence-corrected chi connectivity index (χ2v) is 7.16. The number of allylic oxidation sites excluding steroid dienone is 2. The molecule has 2 saturated carbocycles. The van der Waals surface area contributed by atoms with Gasteiger partial charge in [-0.3, -0.25) is 9.59 Å². The third-order valence-corrected chi connectivity index (χ3v) is 5.57. The summed E-state index contributed by atoms with van der Waals surface area (Å²) in [7, 11) is 0. The van der Waals surface area contributed by atoms with Gasteiger partial charge in [-0.05, 0) is 50.9 Å². The SMILES string of the molecule is CCC(=O)[C@]12C(=O)[C@H](C)CC[C@H]1[C@H](C)C[C@@H]2C=C(C)C. The highest BCUT2D eigenvalue weighted by atomic mass is 16.2. The second kappa shape index (κ2) is 5.46. The number of carbonyl (C=O) groups is 2. The molecule has 0 heterocycles. The van der Waals surface area contributed by atoms with Gasteiger partial charge in [-0.2, -0.15) is 0 Å². The minimum Gasteiger partial charge on any atom is -0.299 e. The van der Waals surface area contributed by atoms with Gasteiger partial charge in [0, 0.05) is 12.3 Å². The molecule has 0 bridgehead atoms. The highest BCUT2D eigenvalue weighted by molar-refractivity contribution is 6.09. The van der Waals surface area contributed by atoms with Crippen LogP contribution in [0.3, 0.4) is 0 Å². The van der Waals surface area contributed by atoms with Gasteiger partial charge in [-0.15, -0.1) is 0 Å². The van der Waals surface area contributed by atoms with Crippen molar-refractivity contribution in [1.82, 2.24) is 0 Å². The molecule has 2 aliphatic carbocycles. The molecule has 20 heavy (non-hydrogen) atoms. The first-order valence-corrected chi connectivity index (χ1v) is 8.08. The number of fused-ring (bicyclic) bond motifs is 1. The van der Waals surface area contributed by atoms with E-state index < -0.39 is 5.41 Å². The molecule has 0 aromatic carbocycles. The lowest BCUT2D eigenvalue weighted by Crippen LogP contribution is -2.52. The molecule has 0 saturated heterocycles. The molecule has 0 aromatic heterocycles. The van der Waals surface area contributed by atoms with E-state index in [-0.39, 0.29) is 29.3 Å². The van der Waals surface area contributed by atoms with Gasteiger partial charge < -0.3 is 0 Å². The fraction of sp³-hybridized carbons (Fsp3) is 0.778. The topological polar surface area (TPSA) is 34.1 Å². The fourth-order valence-electron chi connectivity index (χ4n) is 4.77. The van der Waals surface area contributed by atoms with Crippen LogP contribution in [-0.4, -0.2) is 11.6 Å². The smallest absolute Gasteiger partial charge is 0.150 e. The van der Waals surface area contributed by atoms with Crippen LogP contribution in [-0.2, 0) is 9.59 Å². The van der Waals surface area contributed by atoms with Crippen molar-refractivity contribution in [3.05, 3.63) is 11.6 Å². The van der Waals surface area contributed by atoms with Gasteiger partial charge in [0.25, 0.3) is 0 Å². The van der Waals surface area contributed by atoms with Gasteiger partial charge in [0.05, 0.1) is 5.41 Å². The molecular weight excluding hydrogens is 248 g/mol. The Balaban J connectivity index is 2.57. The van der Waals surface area contributed by atoms with Gasteiger partial charge in [0.2, 0.25) is 0 Å². The molecule has 112 valence electrons. The maximum absolute atomic E-state index is 13.0. The monoisotopic (exact) mass is 276 g/mol. The fourth-order valence-corrected chi connectivity index (χ4v) is 4.77. The Hall–Kier alpha value is -0.920. The lowest BCUT2D eigenvalue weighted by Gasteiger charge is -2.43. The van der Waals surface area contributed by atoms with Crippen LogP contribution in [0.1, 0.15) is 60.3 Å². The maximum atomic E-state index is 13.0. The zero-order valence-corrected chi connectivity index (χ0v) is 13.5. The summed E-state index contributed by atoms with van der Waals surface area (Å²) in [5.41, 5.74) is 0.514. The number of hydrogen-bond acceptors (Lipinski definition) is 2. The number of hydrogen-bond donors (Lipinski definition) is 0. The molecular formula is C18H28O2. The summed E-state index contributed by atoms with van der Waals surface area (Å²) in [5, 5.41) is 0. The van der Waals surface area contributed by atoms with Gasteiger partial charge in [-0.1, -0.05) is 32.4 Å². The molecule has 0 amide bonds. The van der Waals surface area contributed by atoms with Gasteiger partial charge in [0.15, 0.2) is 0 Å². The average molecular weight is 276 g/mol. The third kappa shape index (κ3) is 2.08. The summed E-state index contributed by atoms with van der Waals surface area (Å²) in [6.07, 6.45) is 5.65. The Morgan fingerprint density at radius 2 is 1.95 bits per heavy atom. The van der Waals surface area contributed by atoms with Crippen LogP contribution in [0.5, 0.6) is 0 Å². The Labute approximate surface area is 123 Å². The van der Waals surface area contributed by atoms with Crippen molar-refractivity contribution in [2.24, 2.45) is 29.1 Å². The molecule has 0 spiro atoms. The van der Waals surface area contributed by atoms with Crippen molar-refractivity contribution in [2.75, 3.05) is 0 Å². The lowest BCUT2D eigenvalue weighted by atomic mass is 9.57. The summed E-state index contributed by atoms with van der Waals surface area (Å²) < 4.78 is 0. The van der Waals surface area contributed by atoms with E-state index in [2.05, 4.69) is 26.8 Å². The Morgan fingerprint density at radius 1 is 1.30 bits per heavy atom. The predicted octanol–water partition coefficient (Wildman–Crippen LogP) is 4.19. The molecule has 2 aliphatic rings. The van der Waals surface area contributed by atoms with Gasteiger partial charge in [0.1, 0.15) is 11.6 Å². The molecule has 0 N–H and O–H groups in total. The third-order valence-electron chi connectivity index (χ3n) is 5.57. The van der Waals surface area contributed by atoms with Crippen LogP contribution in [0.25, 0.3) is 0 Å². The Bertz CT molecular complexity index is 444. The molecule has 0 aliphatic heterocycles. The first-order chi connectivity index (χ1) is 9.35. The molecule has 0 aromatic rings. The van der Waals surface area contributed by atoms with E-state index in [1.807, 2.05) is 13.8 Å². The summed E-state index contributed by atoms with van der Waals surface area (Å²) in [6, 6.07) is 0. The van der Waals surface area contributed by atoms with Crippen LogP contribution >= 0.6 is 0 Å². The van der Waals surface area contributed by atoms with Crippen molar-refractivity contribution in [3.8, 4) is 0 Å². The zero-order valence-electron chi connectivity index (χ0n) is 13.5. The van der Waals surface area contributed by atoms with Crippen LogP contribution in [0.15, 0.2) is 11.6 Å². The quantitative estimate of drug-likeness (QED) is 0.572. The normalized spacial score (nSPS) is 40.4. The first-order valence-electron chi connectivity index (χ1n) is 8.08. The molecule has 0 radical (unpaired) electrons. The minimum atomic E-state index is -0.705. The van der Waals surface area contributed by atoms with E-state index >= 15 is 0 Å². The van der Waals surface area contributed by atoms with Crippen LogP contribution in [0.2, 0.25) is 0 Å². The highest BCUT2D eigenvalue weighted by Crippen LogP contribution is 2.59. The van der Waals surface area contributed by atoms with E-state index in [0.717, 1.165) is 19.3 Å². The van der Waals surface area contributed by atoms with Crippen LogP contribution in [0, 0.1) is 29.1 Å². The van der Waals surface area contributed by atoms with E-state index in [1.165, 1.54) is 5.57 Å². The second-order valence-electron chi connectivity index (χ2n) is 7.16. The number of carbonyl (C=O) groups excluding carboxylic acids is 2. The standard InChI is InChI=1S/C18H28O2/c1-6-16(19)18-14(9-11(2)3)10-13(5)15(18)8-7-12(4)17(18)20/h9,12-15H,6-8,10H2,1-5H3/t12-,13-,14+,15+,18-/m1/s1. The van der Waals surface area contributed by atoms with E-state index in [4.69, 9.17) is 0 Å². The summed E-state index contributed by atoms with van der Waals surface area (Å²) in [5.74, 6) is 1.32. The van der Waals surface area contributed by atoms with Gasteiger partial charge in [-0.25, -0.2) is 0 Å². The zero-order chi connectivity index (χ0) is 15.1. The number of rotatable bonds is 3. The summed E-state index contributed by atoms with van der Waals surface area (Å²) >= 11 is 0. The van der Waals surface area contributed by atoms with Crippen molar-refractivity contribution in [2.45, 2.75) is 60.3 Å². The summed E-state index contributed by atoms with van der Waals surface area (Å²) in [4.78, 5) is 25.8. The van der Waals surface area contributed by atoms with Crippen molar-refractivity contribution < 1.29 is 9.59 Å². The Morgan fingerprint density at radius 3 is 2.50 bits per heavy atom. The van der Waals surface area contributed by atoms with Crippen molar-refractivity contribution >= 4 is 11.6 Å². The predicted molar refractivity (Wildman–Crippen MR) is 81.3 cm³/mol. The molecule has 2 fully saturated rings. The lowest BCUT2D eigenvalue weighted by molar-refractivity contribution is -0.151. The molecule has 0 unspecified atom stereocenters. The number of Topliss-reactive ketones (excluding diaryl/α,β-unsaturated/α-hetero) is 2. The van der Waals surface area contributed by atoms with Crippen molar-refractivity contribution in [1.29, 1.82) is 0 Å². The van der Waals surface area contributed by atoms with Crippen molar-refractivity contribution in [3.63, 3.8) is 0 Å². The summed E-state index contributed by atoms with van der Waals surface area (Å²) in [6.45, 7) is 10.3. The van der Waals surface area contributed by atoms with Crippen LogP contribution in [0.4, 0.5) is 0 Å². The number of ketones is 2. The first kappa shape index (κ1) is 15.5. The molecule has 2 nitrogen and oxygen atoms in total. The Kier molecular flexibility index (Phi) is 4.22. The maximum Gasteiger partial charge on any atom is 0.150 e.